The van der Waals surface area contributed by atoms with Crippen molar-refractivity contribution in [3.63, 3.8) is 0 Å². The fourth-order valence-electron chi connectivity index (χ4n) is 1.92. The third kappa shape index (κ3) is 2.05. The Morgan fingerprint density at radius 3 is 2.75 bits per heavy atom. The zero-order valence-corrected chi connectivity index (χ0v) is 9.79. The summed E-state index contributed by atoms with van der Waals surface area (Å²) in [5.74, 6) is 0.0235. The summed E-state index contributed by atoms with van der Waals surface area (Å²) >= 11 is 0. The normalized spacial score (nSPS) is 19.2. The minimum Gasteiger partial charge on any atom is -0.494 e. The first-order valence-corrected chi connectivity index (χ1v) is 5.64. The van der Waals surface area contributed by atoms with E-state index in [1.165, 1.54) is 7.11 Å². The molecular formula is C13H18FNO. The molecule has 1 aliphatic carbocycles. The van der Waals surface area contributed by atoms with Gasteiger partial charge in [-0.25, -0.2) is 4.39 Å². The van der Waals surface area contributed by atoms with E-state index in [1.807, 2.05) is 0 Å². The Morgan fingerprint density at radius 1 is 1.50 bits per heavy atom. The van der Waals surface area contributed by atoms with Gasteiger partial charge in [0, 0.05) is 6.04 Å². The van der Waals surface area contributed by atoms with E-state index < -0.39 is 0 Å². The van der Waals surface area contributed by atoms with Gasteiger partial charge in [0.1, 0.15) is 0 Å². The minimum atomic E-state index is -0.273. The molecule has 1 saturated carbocycles. The molecule has 1 atom stereocenters. The molecule has 1 aliphatic rings. The summed E-state index contributed by atoms with van der Waals surface area (Å²) in [5.41, 5.74) is 6.97. The molecule has 3 heteroatoms. The maximum absolute atomic E-state index is 13.9. The molecule has 0 saturated heterocycles. The molecule has 1 unspecified atom stereocenters. The molecule has 0 amide bonds. The molecule has 0 aliphatic heterocycles. The van der Waals surface area contributed by atoms with Crippen molar-refractivity contribution in [1.82, 2.24) is 0 Å². The summed E-state index contributed by atoms with van der Waals surface area (Å²) in [7, 11) is 1.48. The molecule has 1 aromatic rings. The summed E-state index contributed by atoms with van der Waals surface area (Å²) < 4.78 is 18.8. The van der Waals surface area contributed by atoms with Crippen LogP contribution >= 0.6 is 0 Å². The quantitative estimate of drug-likeness (QED) is 0.851. The lowest BCUT2D eigenvalue weighted by Gasteiger charge is -2.19. The molecule has 0 bridgehead atoms. The molecule has 0 heterocycles. The van der Waals surface area contributed by atoms with Gasteiger partial charge in [0.25, 0.3) is 0 Å². The van der Waals surface area contributed by atoms with Gasteiger partial charge in [-0.05, 0) is 36.3 Å². The average Bonchev–Trinajstić information content (AvgIpc) is 3.01. The van der Waals surface area contributed by atoms with E-state index in [1.54, 1.807) is 18.2 Å². The van der Waals surface area contributed by atoms with Gasteiger partial charge in [-0.2, -0.15) is 0 Å². The lowest BCUT2D eigenvalue weighted by Crippen LogP contribution is -2.32. The van der Waals surface area contributed by atoms with Gasteiger partial charge in [0.2, 0.25) is 0 Å². The monoisotopic (exact) mass is 223 g/mol. The largest absolute Gasteiger partial charge is 0.494 e. The van der Waals surface area contributed by atoms with Crippen LogP contribution in [0.5, 0.6) is 5.75 Å². The molecule has 0 aromatic heterocycles. The van der Waals surface area contributed by atoms with Gasteiger partial charge in [0.05, 0.1) is 7.11 Å². The summed E-state index contributed by atoms with van der Waals surface area (Å²) in [5, 5.41) is 0. The number of rotatable bonds is 4. The summed E-state index contributed by atoms with van der Waals surface area (Å²) in [4.78, 5) is 0. The minimum absolute atomic E-state index is 0.0362. The topological polar surface area (TPSA) is 35.2 Å². The maximum atomic E-state index is 13.9. The van der Waals surface area contributed by atoms with Crippen LogP contribution in [0.25, 0.3) is 0 Å². The van der Waals surface area contributed by atoms with Gasteiger partial charge >= 0.3 is 0 Å². The van der Waals surface area contributed by atoms with Gasteiger partial charge in [-0.15, -0.1) is 0 Å². The smallest absolute Gasteiger partial charge is 0.168 e. The number of ether oxygens (including phenoxy) is 1. The van der Waals surface area contributed by atoms with Crippen LogP contribution in [0.2, 0.25) is 0 Å². The highest BCUT2D eigenvalue weighted by Crippen LogP contribution is 2.48. The number of hydrogen-bond donors (Lipinski definition) is 1. The first kappa shape index (κ1) is 11.4. The maximum Gasteiger partial charge on any atom is 0.168 e. The highest BCUT2D eigenvalue weighted by Gasteiger charge is 2.43. The highest BCUT2D eigenvalue weighted by atomic mass is 19.1. The fraction of sp³-hybridized carbons (Fsp3) is 0.538. The van der Waals surface area contributed by atoms with E-state index in [0.29, 0.717) is 17.7 Å². The lowest BCUT2D eigenvalue weighted by atomic mass is 9.93. The number of benzene rings is 1. The van der Waals surface area contributed by atoms with Gasteiger partial charge in [0.15, 0.2) is 11.6 Å². The van der Waals surface area contributed by atoms with Gasteiger partial charge in [-0.3, -0.25) is 0 Å². The molecular weight excluding hydrogens is 205 g/mol. The molecule has 88 valence electrons. The Labute approximate surface area is 95.6 Å². The Balaban J connectivity index is 2.15. The van der Waals surface area contributed by atoms with E-state index in [0.717, 1.165) is 12.8 Å². The number of methoxy groups -OCH3 is 1. The first-order valence-electron chi connectivity index (χ1n) is 5.64. The second kappa shape index (κ2) is 4.06. The standard InChI is InChI=1S/C13H18FNO/c1-13(6-7-13)11(15)8-9-4-3-5-10(16-2)12(9)14/h3-5,11H,6-8,15H2,1-2H3. The van der Waals surface area contributed by atoms with Crippen LogP contribution in [0, 0.1) is 11.2 Å². The van der Waals surface area contributed by atoms with Crippen molar-refractivity contribution in [2.24, 2.45) is 11.1 Å². The third-order valence-electron chi connectivity index (χ3n) is 3.64. The van der Waals surface area contributed by atoms with E-state index in [2.05, 4.69) is 6.92 Å². The molecule has 2 N–H and O–H groups in total. The Bertz CT molecular complexity index is 388. The zero-order chi connectivity index (χ0) is 11.8. The van der Waals surface area contributed by atoms with Crippen molar-refractivity contribution in [2.75, 3.05) is 7.11 Å². The van der Waals surface area contributed by atoms with E-state index in [4.69, 9.17) is 10.5 Å². The van der Waals surface area contributed by atoms with Crippen molar-refractivity contribution in [3.05, 3.63) is 29.6 Å². The van der Waals surface area contributed by atoms with Crippen molar-refractivity contribution in [2.45, 2.75) is 32.2 Å². The molecule has 2 nitrogen and oxygen atoms in total. The molecule has 2 rings (SSSR count). The predicted octanol–water partition coefficient (Wildman–Crippen LogP) is 2.50. The van der Waals surface area contributed by atoms with E-state index >= 15 is 0 Å². The first-order chi connectivity index (χ1) is 7.57. The summed E-state index contributed by atoms with van der Waals surface area (Å²) in [6.45, 7) is 2.16. The van der Waals surface area contributed by atoms with Gasteiger partial charge < -0.3 is 10.5 Å². The molecule has 16 heavy (non-hydrogen) atoms. The van der Waals surface area contributed by atoms with Crippen LogP contribution in [0.15, 0.2) is 18.2 Å². The molecule has 1 fully saturated rings. The van der Waals surface area contributed by atoms with Crippen LogP contribution in [0.1, 0.15) is 25.3 Å². The van der Waals surface area contributed by atoms with Crippen LogP contribution in [0.4, 0.5) is 4.39 Å². The molecule has 0 spiro atoms. The molecule has 1 aromatic carbocycles. The van der Waals surface area contributed by atoms with E-state index in [9.17, 15) is 4.39 Å². The van der Waals surface area contributed by atoms with Crippen LogP contribution in [-0.2, 0) is 6.42 Å². The lowest BCUT2D eigenvalue weighted by molar-refractivity contribution is 0.378. The average molecular weight is 223 g/mol. The second-order valence-corrected chi connectivity index (χ2v) is 4.90. The second-order valence-electron chi connectivity index (χ2n) is 4.90. The summed E-state index contributed by atoms with van der Waals surface area (Å²) in [6.07, 6.45) is 2.89. The third-order valence-corrected chi connectivity index (χ3v) is 3.64. The number of nitrogens with two attached hydrogens (primary N) is 1. The van der Waals surface area contributed by atoms with Crippen LogP contribution in [-0.4, -0.2) is 13.2 Å². The predicted molar refractivity (Wildman–Crippen MR) is 62.0 cm³/mol. The van der Waals surface area contributed by atoms with Crippen molar-refractivity contribution < 1.29 is 9.13 Å². The van der Waals surface area contributed by atoms with E-state index in [-0.39, 0.29) is 17.3 Å². The van der Waals surface area contributed by atoms with Crippen molar-refractivity contribution >= 4 is 0 Å². The molecule has 0 radical (unpaired) electrons. The van der Waals surface area contributed by atoms with Gasteiger partial charge in [-0.1, -0.05) is 19.1 Å². The zero-order valence-electron chi connectivity index (χ0n) is 9.79. The Morgan fingerprint density at radius 2 is 2.19 bits per heavy atom. The highest BCUT2D eigenvalue weighted by molar-refractivity contribution is 5.32. The number of hydrogen-bond acceptors (Lipinski definition) is 2. The summed E-state index contributed by atoms with van der Waals surface area (Å²) in [6, 6.07) is 5.25. The van der Waals surface area contributed by atoms with Crippen molar-refractivity contribution in [1.29, 1.82) is 0 Å². The fourth-order valence-corrected chi connectivity index (χ4v) is 1.92. The van der Waals surface area contributed by atoms with Crippen LogP contribution < -0.4 is 10.5 Å². The van der Waals surface area contributed by atoms with Crippen LogP contribution in [0.3, 0.4) is 0 Å². The SMILES string of the molecule is COc1cccc(CC(N)C2(C)CC2)c1F. The van der Waals surface area contributed by atoms with Crippen molar-refractivity contribution in [3.8, 4) is 5.75 Å². The number of halogens is 1. The Kier molecular flexibility index (Phi) is 2.89. The Hall–Kier alpha value is -1.09.